The Labute approximate surface area is 88.9 Å². The van der Waals surface area contributed by atoms with Crippen molar-refractivity contribution in [2.45, 2.75) is 25.8 Å². The van der Waals surface area contributed by atoms with Gasteiger partial charge in [-0.1, -0.05) is 11.6 Å². The standard InChI is InChI=1S/C10H14ClN3/c1-7-3-2-4-14(7)10-8(11)5-13-6-9(10)12/h5-7H,2-4,12H2,1H3. The van der Waals surface area contributed by atoms with E-state index in [0.717, 1.165) is 12.2 Å². The molecular weight excluding hydrogens is 198 g/mol. The highest BCUT2D eigenvalue weighted by Gasteiger charge is 2.24. The van der Waals surface area contributed by atoms with Gasteiger partial charge in [-0.05, 0) is 19.8 Å². The first kappa shape index (κ1) is 9.59. The van der Waals surface area contributed by atoms with Gasteiger partial charge < -0.3 is 10.6 Å². The summed E-state index contributed by atoms with van der Waals surface area (Å²) in [6, 6.07) is 0.525. The first-order chi connectivity index (χ1) is 6.70. The number of halogens is 1. The number of hydrogen-bond acceptors (Lipinski definition) is 3. The van der Waals surface area contributed by atoms with E-state index < -0.39 is 0 Å². The maximum atomic E-state index is 6.09. The van der Waals surface area contributed by atoms with E-state index >= 15 is 0 Å². The van der Waals surface area contributed by atoms with Gasteiger partial charge in [0.15, 0.2) is 0 Å². The molecule has 0 saturated carbocycles. The highest BCUT2D eigenvalue weighted by molar-refractivity contribution is 6.33. The Balaban J connectivity index is 2.39. The summed E-state index contributed by atoms with van der Waals surface area (Å²) in [7, 11) is 0. The van der Waals surface area contributed by atoms with Crippen LogP contribution in [0.3, 0.4) is 0 Å². The van der Waals surface area contributed by atoms with Gasteiger partial charge in [-0.25, -0.2) is 0 Å². The molecule has 0 bridgehead atoms. The Hall–Kier alpha value is -0.960. The van der Waals surface area contributed by atoms with Crippen LogP contribution in [0.4, 0.5) is 11.4 Å². The lowest BCUT2D eigenvalue weighted by atomic mass is 10.2. The second kappa shape index (κ2) is 3.65. The SMILES string of the molecule is CC1CCCN1c1c(N)cncc1Cl. The summed E-state index contributed by atoms with van der Waals surface area (Å²) in [6.45, 7) is 3.23. The lowest BCUT2D eigenvalue weighted by molar-refractivity contribution is 0.735. The average molecular weight is 212 g/mol. The van der Waals surface area contributed by atoms with E-state index in [0.29, 0.717) is 16.8 Å². The molecule has 4 heteroatoms. The molecule has 0 aliphatic carbocycles. The molecule has 1 aliphatic rings. The fourth-order valence-electron chi connectivity index (χ4n) is 2.01. The van der Waals surface area contributed by atoms with Crippen LogP contribution in [0.1, 0.15) is 19.8 Å². The molecule has 0 amide bonds. The van der Waals surface area contributed by atoms with Gasteiger partial charge in [0.25, 0.3) is 0 Å². The molecule has 76 valence electrons. The van der Waals surface area contributed by atoms with Crippen LogP contribution in [0.25, 0.3) is 0 Å². The number of nitrogen functional groups attached to an aromatic ring is 1. The van der Waals surface area contributed by atoms with Crippen molar-refractivity contribution >= 4 is 23.0 Å². The molecule has 3 nitrogen and oxygen atoms in total. The van der Waals surface area contributed by atoms with Gasteiger partial charge in [0.2, 0.25) is 0 Å². The van der Waals surface area contributed by atoms with Crippen molar-refractivity contribution in [2.75, 3.05) is 17.2 Å². The van der Waals surface area contributed by atoms with Crippen LogP contribution in [0.15, 0.2) is 12.4 Å². The average Bonchev–Trinajstić information content (AvgIpc) is 2.52. The van der Waals surface area contributed by atoms with Crippen LogP contribution >= 0.6 is 11.6 Å². The minimum absolute atomic E-state index is 0.525. The molecule has 1 aliphatic heterocycles. The fourth-order valence-corrected chi connectivity index (χ4v) is 2.29. The van der Waals surface area contributed by atoms with Crippen molar-refractivity contribution in [3.05, 3.63) is 17.4 Å². The van der Waals surface area contributed by atoms with Crippen LogP contribution in [-0.2, 0) is 0 Å². The summed E-state index contributed by atoms with van der Waals surface area (Å²) in [5.74, 6) is 0. The van der Waals surface area contributed by atoms with Crippen molar-refractivity contribution in [3.8, 4) is 0 Å². The van der Waals surface area contributed by atoms with Crippen molar-refractivity contribution in [1.82, 2.24) is 4.98 Å². The zero-order chi connectivity index (χ0) is 10.1. The van der Waals surface area contributed by atoms with Crippen molar-refractivity contribution in [1.29, 1.82) is 0 Å². The molecular formula is C10H14ClN3. The Morgan fingerprint density at radius 3 is 2.93 bits per heavy atom. The smallest absolute Gasteiger partial charge is 0.0844 e. The summed E-state index contributed by atoms with van der Waals surface area (Å²) in [5.41, 5.74) is 7.50. The summed E-state index contributed by atoms with van der Waals surface area (Å²) < 4.78 is 0. The van der Waals surface area contributed by atoms with Crippen LogP contribution in [0.5, 0.6) is 0 Å². The third-order valence-corrected chi connectivity index (χ3v) is 3.02. The first-order valence-corrected chi connectivity index (χ1v) is 5.23. The Morgan fingerprint density at radius 1 is 1.57 bits per heavy atom. The summed E-state index contributed by atoms with van der Waals surface area (Å²) >= 11 is 6.09. The molecule has 1 aromatic heterocycles. The van der Waals surface area contributed by atoms with Gasteiger partial charge in [-0.15, -0.1) is 0 Å². The first-order valence-electron chi connectivity index (χ1n) is 4.86. The van der Waals surface area contributed by atoms with Crippen molar-refractivity contribution in [2.24, 2.45) is 0 Å². The van der Waals surface area contributed by atoms with Gasteiger partial charge in [0.1, 0.15) is 0 Å². The van der Waals surface area contributed by atoms with Gasteiger partial charge >= 0.3 is 0 Å². The van der Waals surface area contributed by atoms with E-state index in [1.807, 2.05) is 0 Å². The van der Waals surface area contributed by atoms with Gasteiger partial charge in [0.05, 0.1) is 22.6 Å². The molecule has 0 radical (unpaired) electrons. The maximum Gasteiger partial charge on any atom is 0.0844 e. The zero-order valence-electron chi connectivity index (χ0n) is 8.20. The number of nitrogens with two attached hydrogens (primary N) is 1. The molecule has 0 aromatic carbocycles. The molecule has 1 aromatic rings. The van der Waals surface area contributed by atoms with Crippen LogP contribution in [0.2, 0.25) is 5.02 Å². The molecule has 2 rings (SSSR count). The zero-order valence-corrected chi connectivity index (χ0v) is 8.96. The number of anilines is 2. The fraction of sp³-hybridized carbons (Fsp3) is 0.500. The molecule has 2 heterocycles. The molecule has 1 atom stereocenters. The van der Waals surface area contributed by atoms with E-state index in [2.05, 4.69) is 16.8 Å². The Morgan fingerprint density at radius 2 is 2.36 bits per heavy atom. The van der Waals surface area contributed by atoms with Crippen molar-refractivity contribution < 1.29 is 0 Å². The predicted molar refractivity (Wildman–Crippen MR) is 59.7 cm³/mol. The second-order valence-electron chi connectivity index (χ2n) is 3.74. The normalized spacial score (nSPS) is 21.6. The molecule has 14 heavy (non-hydrogen) atoms. The van der Waals surface area contributed by atoms with Crippen LogP contribution in [-0.4, -0.2) is 17.6 Å². The highest BCUT2D eigenvalue weighted by Crippen LogP contribution is 2.35. The minimum Gasteiger partial charge on any atom is -0.396 e. The molecule has 2 N–H and O–H groups in total. The van der Waals surface area contributed by atoms with Gasteiger partial charge in [-0.2, -0.15) is 0 Å². The largest absolute Gasteiger partial charge is 0.396 e. The third-order valence-electron chi connectivity index (χ3n) is 2.74. The van der Waals surface area contributed by atoms with E-state index in [-0.39, 0.29) is 0 Å². The molecule has 1 fully saturated rings. The lowest BCUT2D eigenvalue weighted by Gasteiger charge is -2.25. The number of nitrogens with zero attached hydrogens (tertiary/aromatic N) is 2. The lowest BCUT2D eigenvalue weighted by Crippen LogP contribution is -2.27. The third kappa shape index (κ3) is 1.52. The highest BCUT2D eigenvalue weighted by atomic mass is 35.5. The number of rotatable bonds is 1. The minimum atomic E-state index is 0.525. The molecule has 0 spiro atoms. The van der Waals surface area contributed by atoms with E-state index in [4.69, 9.17) is 17.3 Å². The number of aromatic nitrogens is 1. The Bertz CT molecular complexity index is 320. The molecule has 1 saturated heterocycles. The van der Waals surface area contributed by atoms with Crippen molar-refractivity contribution in [3.63, 3.8) is 0 Å². The molecule has 1 unspecified atom stereocenters. The van der Waals surface area contributed by atoms with E-state index in [9.17, 15) is 0 Å². The topological polar surface area (TPSA) is 42.1 Å². The quantitative estimate of drug-likeness (QED) is 0.775. The second-order valence-corrected chi connectivity index (χ2v) is 4.15. The Kier molecular flexibility index (Phi) is 2.50. The summed E-state index contributed by atoms with van der Waals surface area (Å²) in [6.07, 6.45) is 5.72. The van der Waals surface area contributed by atoms with Crippen LogP contribution < -0.4 is 10.6 Å². The van der Waals surface area contributed by atoms with E-state index in [1.165, 1.54) is 12.8 Å². The van der Waals surface area contributed by atoms with Gasteiger partial charge in [-0.3, -0.25) is 4.98 Å². The predicted octanol–water partition coefficient (Wildman–Crippen LogP) is 2.31. The van der Waals surface area contributed by atoms with Crippen LogP contribution in [0, 0.1) is 0 Å². The van der Waals surface area contributed by atoms with Gasteiger partial charge in [0, 0.05) is 18.8 Å². The number of pyridine rings is 1. The maximum absolute atomic E-state index is 6.09. The summed E-state index contributed by atoms with van der Waals surface area (Å²) in [4.78, 5) is 6.22. The monoisotopic (exact) mass is 211 g/mol. The summed E-state index contributed by atoms with van der Waals surface area (Å²) in [5, 5.41) is 0.652. The number of hydrogen-bond donors (Lipinski definition) is 1. The van der Waals surface area contributed by atoms with E-state index in [1.54, 1.807) is 12.4 Å².